The SMILES string of the molecule is COC(=O)[C@]12CO[C@H]3C(=O)C[C@H](OC(=O)C(C)(C)C)C(CCOC(=O)C(C)(C)C)([C@@H]31)[C@@H](O)C[C@H]2O[Si](C)(C)c1ccccc1. The molecule has 0 radical (unpaired) electrons. The van der Waals surface area contributed by atoms with Crippen molar-refractivity contribution in [1.29, 1.82) is 0 Å². The molecule has 0 spiro atoms. The maximum absolute atomic E-state index is 14.0. The summed E-state index contributed by atoms with van der Waals surface area (Å²) < 4.78 is 30.2. The van der Waals surface area contributed by atoms with Gasteiger partial charge in [-0.1, -0.05) is 30.3 Å². The molecule has 1 saturated heterocycles. The molecule has 244 valence electrons. The number of methoxy groups -OCH3 is 1. The number of benzene rings is 1. The van der Waals surface area contributed by atoms with Crippen LogP contribution in [0, 0.1) is 27.6 Å². The molecule has 11 heteroatoms. The Balaban J connectivity index is 1.85. The molecule has 3 fully saturated rings. The van der Waals surface area contributed by atoms with Crippen LogP contribution in [0.5, 0.6) is 0 Å². The molecule has 1 aromatic rings. The number of ether oxygens (including phenoxy) is 4. The third kappa shape index (κ3) is 5.88. The van der Waals surface area contributed by atoms with E-state index in [9.17, 15) is 24.3 Å². The number of carbonyl (C=O) groups excluding carboxylic acids is 4. The smallest absolute Gasteiger partial charge is 0.317 e. The van der Waals surface area contributed by atoms with Crippen LogP contribution in [0.1, 0.15) is 60.8 Å². The first-order valence-corrected chi connectivity index (χ1v) is 18.3. The molecule has 3 aliphatic rings. The highest BCUT2D eigenvalue weighted by Crippen LogP contribution is 2.64. The van der Waals surface area contributed by atoms with Crippen LogP contribution in [-0.2, 0) is 42.6 Å². The number of hydrogen-bond acceptors (Lipinski definition) is 10. The minimum absolute atomic E-state index is 0.00405. The van der Waals surface area contributed by atoms with Crippen molar-refractivity contribution in [2.75, 3.05) is 20.3 Å². The Morgan fingerprint density at radius 3 is 2.18 bits per heavy atom. The van der Waals surface area contributed by atoms with Crippen LogP contribution in [0.25, 0.3) is 0 Å². The lowest BCUT2D eigenvalue weighted by Gasteiger charge is -2.60. The molecule has 1 unspecified atom stereocenters. The van der Waals surface area contributed by atoms with Crippen LogP contribution in [0.3, 0.4) is 0 Å². The van der Waals surface area contributed by atoms with Crippen molar-refractivity contribution in [1.82, 2.24) is 0 Å². The average molecular weight is 633 g/mol. The minimum atomic E-state index is -2.68. The summed E-state index contributed by atoms with van der Waals surface area (Å²) in [5, 5.41) is 13.2. The highest BCUT2D eigenvalue weighted by Gasteiger charge is 2.77. The van der Waals surface area contributed by atoms with Gasteiger partial charge in [0.1, 0.15) is 17.6 Å². The predicted octanol–water partition coefficient (Wildman–Crippen LogP) is 3.32. The normalized spacial score (nSPS) is 32.0. The molecule has 7 atom stereocenters. The van der Waals surface area contributed by atoms with Crippen LogP contribution in [0.2, 0.25) is 13.1 Å². The quantitative estimate of drug-likeness (QED) is 0.258. The number of rotatable bonds is 8. The van der Waals surface area contributed by atoms with Gasteiger partial charge in [-0.15, -0.1) is 0 Å². The van der Waals surface area contributed by atoms with E-state index >= 15 is 0 Å². The van der Waals surface area contributed by atoms with Gasteiger partial charge in [0.15, 0.2) is 5.78 Å². The maximum atomic E-state index is 14.0. The molecule has 1 N–H and O–H groups in total. The summed E-state index contributed by atoms with van der Waals surface area (Å²) in [6.45, 7) is 14.1. The fraction of sp³-hybridized carbons (Fsp3) is 0.697. The Bertz CT molecular complexity index is 1270. The van der Waals surface area contributed by atoms with Crippen LogP contribution in [0.4, 0.5) is 0 Å². The first-order chi connectivity index (χ1) is 20.3. The van der Waals surface area contributed by atoms with Gasteiger partial charge < -0.3 is 28.5 Å². The van der Waals surface area contributed by atoms with Crippen molar-refractivity contribution in [2.45, 2.75) is 98.3 Å². The van der Waals surface area contributed by atoms with E-state index in [0.29, 0.717) is 0 Å². The van der Waals surface area contributed by atoms with Gasteiger partial charge in [-0.05, 0) is 66.2 Å². The average Bonchev–Trinajstić information content (AvgIpc) is 3.36. The zero-order valence-electron chi connectivity index (χ0n) is 27.4. The summed E-state index contributed by atoms with van der Waals surface area (Å²) in [4.78, 5) is 53.8. The summed E-state index contributed by atoms with van der Waals surface area (Å²) >= 11 is 0. The minimum Gasteiger partial charge on any atom is -0.468 e. The van der Waals surface area contributed by atoms with Crippen molar-refractivity contribution in [2.24, 2.45) is 27.6 Å². The number of ketones is 1. The van der Waals surface area contributed by atoms with E-state index in [1.54, 1.807) is 41.5 Å². The van der Waals surface area contributed by atoms with E-state index in [1.807, 2.05) is 43.4 Å². The van der Waals surface area contributed by atoms with Crippen LogP contribution in [-0.4, -0.2) is 81.9 Å². The van der Waals surface area contributed by atoms with E-state index in [0.717, 1.165) is 5.19 Å². The third-order valence-corrected chi connectivity index (χ3v) is 12.2. The number of esters is 3. The lowest BCUT2D eigenvalue weighted by Crippen LogP contribution is -2.72. The first kappa shape index (κ1) is 34.3. The van der Waals surface area contributed by atoms with Crippen LogP contribution in [0.15, 0.2) is 30.3 Å². The number of aliphatic hydroxyl groups excluding tert-OH is 1. The van der Waals surface area contributed by atoms with Crippen molar-refractivity contribution < 1.29 is 47.7 Å². The molecule has 2 saturated carbocycles. The molecule has 1 aromatic carbocycles. The topological polar surface area (TPSA) is 135 Å². The predicted molar refractivity (Wildman–Crippen MR) is 163 cm³/mol. The fourth-order valence-corrected chi connectivity index (χ4v) is 9.31. The molecular formula is C33H48O10Si. The van der Waals surface area contributed by atoms with Crippen molar-refractivity contribution in [3.05, 3.63) is 30.3 Å². The Kier molecular flexibility index (Phi) is 9.32. The Hall–Kier alpha value is -2.60. The second-order valence-electron chi connectivity index (χ2n) is 15.0. The second-order valence-corrected chi connectivity index (χ2v) is 18.9. The molecule has 0 aromatic heterocycles. The Labute approximate surface area is 261 Å². The summed E-state index contributed by atoms with van der Waals surface area (Å²) in [6.07, 6.45) is -4.41. The van der Waals surface area contributed by atoms with E-state index in [4.69, 9.17) is 23.4 Å². The van der Waals surface area contributed by atoms with Crippen LogP contribution >= 0.6 is 0 Å². The van der Waals surface area contributed by atoms with Gasteiger partial charge in [0.05, 0.1) is 43.4 Å². The highest BCUT2D eigenvalue weighted by atomic mass is 28.4. The summed E-state index contributed by atoms with van der Waals surface area (Å²) in [6, 6.07) is 9.71. The number of hydrogen-bond donors (Lipinski definition) is 1. The first-order valence-electron chi connectivity index (χ1n) is 15.3. The van der Waals surface area contributed by atoms with Gasteiger partial charge in [0.25, 0.3) is 0 Å². The van der Waals surface area contributed by atoms with Gasteiger partial charge in [-0.2, -0.15) is 0 Å². The van der Waals surface area contributed by atoms with Crippen molar-refractivity contribution in [3.8, 4) is 0 Å². The van der Waals surface area contributed by atoms with Gasteiger partial charge in [-0.25, -0.2) is 0 Å². The molecule has 0 amide bonds. The van der Waals surface area contributed by atoms with Gasteiger partial charge in [-0.3, -0.25) is 19.2 Å². The second kappa shape index (κ2) is 12.0. The molecule has 1 aliphatic heterocycles. The molecule has 2 aliphatic carbocycles. The summed E-state index contributed by atoms with van der Waals surface area (Å²) in [5.41, 5.74) is -4.54. The number of carbonyl (C=O) groups is 4. The highest BCUT2D eigenvalue weighted by molar-refractivity contribution is 6.84. The molecular weight excluding hydrogens is 584 g/mol. The molecule has 44 heavy (non-hydrogen) atoms. The largest absolute Gasteiger partial charge is 0.468 e. The lowest BCUT2D eigenvalue weighted by atomic mass is 9.46. The van der Waals surface area contributed by atoms with Gasteiger partial charge >= 0.3 is 17.9 Å². The molecule has 0 bridgehead atoms. The zero-order chi connectivity index (χ0) is 32.9. The Morgan fingerprint density at radius 1 is 1.00 bits per heavy atom. The van der Waals surface area contributed by atoms with Gasteiger partial charge in [0.2, 0.25) is 8.32 Å². The van der Waals surface area contributed by atoms with E-state index in [1.165, 1.54) is 7.11 Å². The third-order valence-electron chi connectivity index (χ3n) is 9.59. The Morgan fingerprint density at radius 2 is 1.61 bits per heavy atom. The monoisotopic (exact) mass is 632 g/mol. The maximum Gasteiger partial charge on any atom is 0.317 e. The van der Waals surface area contributed by atoms with Crippen molar-refractivity contribution >= 4 is 37.2 Å². The summed E-state index contributed by atoms with van der Waals surface area (Å²) in [5.74, 6) is -2.91. The number of aliphatic hydroxyl groups is 1. The standard InChI is InChI=1S/C33H48O10Si/c1-30(2,3)27(36)40-16-15-32-22(35)18-24(43-44(8,9)20-13-11-10-12-14-20)33(29(38)39-7)19-41-25(26(32)33)21(34)17-23(32)42-28(37)31(4,5)6/h10-14,22-26,35H,15-19H2,1-9H3/t22-,23-,24+,25-,26+,32?,33-/m0/s1. The van der Waals surface area contributed by atoms with Crippen LogP contribution < -0.4 is 5.19 Å². The van der Waals surface area contributed by atoms with E-state index < -0.39 is 78.2 Å². The lowest BCUT2D eigenvalue weighted by molar-refractivity contribution is -0.236. The van der Waals surface area contributed by atoms with E-state index in [2.05, 4.69) is 0 Å². The zero-order valence-corrected chi connectivity index (χ0v) is 28.4. The summed E-state index contributed by atoms with van der Waals surface area (Å²) in [7, 11) is -1.40. The molecule has 10 nitrogen and oxygen atoms in total. The van der Waals surface area contributed by atoms with Gasteiger partial charge in [0, 0.05) is 24.2 Å². The van der Waals surface area contributed by atoms with E-state index in [-0.39, 0.29) is 38.3 Å². The van der Waals surface area contributed by atoms with Crippen molar-refractivity contribution in [3.63, 3.8) is 0 Å². The molecule has 1 heterocycles. The number of Topliss-reactive ketones (excluding diaryl/α,β-unsaturated/α-hetero) is 1. The molecule has 4 rings (SSSR count). The fourth-order valence-electron chi connectivity index (χ4n) is 7.16.